The van der Waals surface area contributed by atoms with Gasteiger partial charge in [0.2, 0.25) is 5.71 Å². The van der Waals surface area contributed by atoms with Crippen molar-refractivity contribution < 1.29 is 10.1 Å². The van der Waals surface area contributed by atoms with Crippen molar-refractivity contribution >= 4 is 11.5 Å². The van der Waals surface area contributed by atoms with Crippen molar-refractivity contribution in [3.05, 3.63) is 47.4 Å². The fourth-order valence-electron chi connectivity index (χ4n) is 1.82. The first-order valence-electron chi connectivity index (χ1n) is 6.05. The van der Waals surface area contributed by atoms with Crippen LogP contribution >= 0.6 is 0 Å². The lowest BCUT2D eigenvalue weighted by molar-refractivity contribution is -0.111. The molecule has 19 heavy (non-hydrogen) atoms. The van der Waals surface area contributed by atoms with Crippen molar-refractivity contribution in [2.45, 2.75) is 13.3 Å². The summed E-state index contributed by atoms with van der Waals surface area (Å²) in [5, 5.41) is 6.16. The van der Waals surface area contributed by atoms with Gasteiger partial charge in [0.25, 0.3) is 0 Å². The Hall–Kier alpha value is -2.43. The highest BCUT2D eigenvalue weighted by atomic mass is 16.5. The number of nitrogens with two attached hydrogens (primary N) is 2. The zero-order chi connectivity index (χ0) is 13.8. The lowest BCUT2D eigenvalue weighted by atomic mass is 10.0. The number of benzene rings is 1. The van der Waals surface area contributed by atoms with E-state index in [1.54, 1.807) is 13.3 Å². The van der Waals surface area contributed by atoms with Crippen LogP contribution in [0.1, 0.15) is 23.9 Å². The molecule has 1 heterocycles. The molecule has 0 saturated carbocycles. The molecule has 0 saturated heterocycles. The predicted octanol–water partition coefficient (Wildman–Crippen LogP) is 0.226. The first-order valence-corrected chi connectivity index (χ1v) is 6.05. The molecule has 0 atom stereocenters. The Bertz CT molecular complexity index is 610. The molecule has 0 amide bonds. The Morgan fingerprint density at radius 3 is 2.68 bits per heavy atom. The van der Waals surface area contributed by atoms with Crippen LogP contribution in [0.4, 0.5) is 5.82 Å². The summed E-state index contributed by atoms with van der Waals surface area (Å²) >= 11 is 0. The Kier molecular flexibility index (Phi) is 3.75. The minimum atomic E-state index is 0.384. The van der Waals surface area contributed by atoms with Crippen molar-refractivity contribution in [3.63, 3.8) is 0 Å². The molecule has 0 aliphatic heterocycles. The molecule has 2 rings (SSSR count). The van der Waals surface area contributed by atoms with Crippen LogP contribution < -0.4 is 15.9 Å². The van der Waals surface area contributed by atoms with E-state index in [4.69, 9.17) is 15.9 Å². The molecule has 2 aromatic rings. The maximum Gasteiger partial charge on any atom is 0.220 e. The molecule has 0 bridgehead atoms. The molecule has 5 heteroatoms. The summed E-state index contributed by atoms with van der Waals surface area (Å²) < 4.78 is 5.29. The van der Waals surface area contributed by atoms with Crippen molar-refractivity contribution in [3.8, 4) is 5.75 Å². The summed E-state index contributed by atoms with van der Waals surface area (Å²) in [5.74, 6) is 1.78. The standard InChI is InChI=1S/C14H16N4O/c1-3-12-17-8-10(14(16)18-12)13(15)9-6-4-5-7-11(9)19-2/h4-8,15H,3H2,1-2H3,(H2,16,17,18)/p+1. The molecule has 4 N–H and O–H groups in total. The molecule has 0 aliphatic rings. The number of hydrogen-bond donors (Lipinski definition) is 2. The number of methoxy groups -OCH3 is 1. The lowest BCUT2D eigenvalue weighted by Crippen LogP contribution is -2.41. The first kappa shape index (κ1) is 13.0. The van der Waals surface area contributed by atoms with Crippen LogP contribution in [-0.4, -0.2) is 22.8 Å². The quantitative estimate of drug-likeness (QED) is 0.767. The van der Waals surface area contributed by atoms with Gasteiger partial charge in [-0.05, 0) is 12.1 Å². The summed E-state index contributed by atoms with van der Waals surface area (Å²) in [7, 11) is 1.60. The highest BCUT2D eigenvalue weighted by molar-refractivity contribution is 6.12. The van der Waals surface area contributed by atoms with Gasteiger partial charge in [0.05, 0.1) is 12.7 Å². The largest absolute Gasteiger partial charge is 0.496 e. The van der Waals surface area contributed by atoms with Gasteiger partial charge >= 0.3 is 0 Å². The van der Waals surface area contributed by atoms with Gasteiger partial charge in [-0.25, -0.2) is 9.97 Å². The fraction of sp³-hybridized carbons (Fsp3) is 0.214. The minimum absolute atomic E-state index is 0.384. The van der Waals surface area contributed by atoms with E-state index in [0.29, 0.717) is 28.7 Å². The van der Waals surface area contributed by atoms with E-state index in [1.165, 1.54) is 0 Å². The second kappa shape index (κ2) is 5.48. The lowest BCUT2D eigenvalue weighted by Gasteiger charge is -2.07. The van der Waals surface area contributed by atoms with E-state index >= 15 is 0 Å². The Morgan fingerprint density at radius 2 is 2.05 bits per heavy atom. The van der Waals surface area contributed by atoms with Gasteiger partial charge in [-0.3, -0.25) is 5.41 Å². The molecule has 0 aliphatic carbocycles. The van der Waals surface area contributed by atoms with Crippen molar-refractivity contribution in [2.75, 3.05) is 12.8 Å². The number of aromatic nitrogens is 2. The summed E-state index contributed by atoms with van der Waals surface area (Å²) in [6.45, 7) is 1.97. The predicted molar refractivity (Wildman–Crippen MR) is 74.0 cm³/mol. The van der Waals surface area contributed by atoms with Crippen LogP contribution in [0.15, 0.2) is 30.5 Å². The SMILES string of the molecule is CCc1ncc(C(=[NH2+])c2ccccc2OC)c(N)n1. The number of anilines is 1. The van der Waals surface area contributed by atoms with Crippen molar-refractivity contribution in [1.82, 2.24) is 9.97 Å². The Balaban J connectivity index is 2.44. The van der Waals surface area contributed by atoms with Crippen molar-refractivity contribution in [1.29, 1.82) is 0 Å². The number of aryl methyl sites for hydroxylation is 1. The maximum atomic E-state index is 6.16. The number of rotatable bonds is 4. The van der Waals surface area contributed by atoms with Gasteiger partial charge in [-0.15, -0.1) is 0 Å². The Morgan fingerprint density at radius 1 is 1.32 bits per heavy atom. The highest BCUT2D eigenvalue weighted by Crippen LogP contribution is 2.21. The summed E-state index contributed by atoms with van der Waals surface area (Å²) in [4.78, 5) is 8.45. The number of hydrogen-bond acceptors (Lipinski definition) is 4. The van der Waals surface area contributed by atoms with E-state index < -0.39 is 0 Å². The average Bonchev–Trinajstić information content (AvgIpc) is 2.46. The molecular weight excluding hydrogens is 240 g/mol. The van der Waals surface area contributed by atoms with Crippen LogP contribution in [0.2, 0.25) is 0 Å². The molecule has 98 valence electrons. The molecule has 0 radical (unpaired) electrons. The molecule has 1 aromatic carbocycles. The number of ether oxygens (including phenoxy) is 1. The monoisotopic (exact) mass is 257 g/mol. The van der Waals surface area contributed by atoms with Crippen LogP contribution in [0.5, 0.6) is 5.75 Å². The molecule has 0 spiro atoms. The second-order valence-corrected chi connectivity index (χ2v) is 4.05. The molecular formula is C14H17N4O+. The summed E-state index contributed by atoms with van der Waals surface area (Å²) in [5.41, 5.74) is 7.85. The molecule has 5 nitrogen and oxygen atoms in total. The second-order valence-electron chi connectivity index (χ2n) is 4.05. The van der Waals surface area contributed by atoms with Gasteiger partial charge in [-0.2, -0.15) is 0 Å². The zero-order valence-corrected chi connectivity index (χ0v) is 11.1. The average molecular weight is 257 g/mol. The zero-order valence-electron chi connectivity index (χ0n) is 11.1. The van der Waals surface area contributed by atoms with E-state index in [2.05, 4.69) is 9.97 Å². The number of para-hydroxylation sites is 1. The van der Waals surface area contributed by atoms with Gasteiger partial charge in [0, 0.05) is 12.6 Å². The van der Waals surface area contributed by atoms with E-state index in [1.807, 2.05) is 31.2 Å². The topological polar surface area (TPSA) is 86.6 Å². The van der Waals surface area contributed by atoms with Crippen LogP contribution in [0.3, 0.4) is 0 Å². The maximum absolute atomic E-state index is 6.16. The highest BCUT2D eigenvalue weighted by Gasteiger charge is 2.19. The summed E-state index contributed by atoms with van der Waals surface area (Å²) in [6.07, 6.45) is 2.39. The molecule has 0 fully saturated rings. The smallest absolute Gasteiger partial charge is 0.220 e. The van der Waals surface area contributed by atoms with E-state index in [0.717, 1.165) is 12.0 Å². The fourth-order valence-corrected chi connectivity index (χ4v) is 1.82. The van der Waals surface area contributed by atoms with Crippen LogP contribution in [0.25, 0.3) is 0 Å². The van der Waals surface area contributed by atoms with Crippen LogP contribution in [0, 0.1) is 0 Å². The van der Waals surface area contributed by atoms with E-state index in [-0.39, 0.29) is 0 Å². The third-order valence-electron chi connectivity index (χ3n) is 2.87. The molecule has 0 unspecified atom stereocenters. The number of nitrogens with zero attached hydrogens (tertiary/aromatic N) is 2. The number of nitrogen functional groups attached to an aromatic ring is 1. The van der Waals surface area contributed by atoms with E-state index in [9.17, 15) is 0 Å². The third kappa shape index (κ3) is 2.54. The minimum Gasteiger partial charge on any atom is -0.496 e. The molecule has 1 aromatic heterocycles. The van der Waals surface area contributed by atoms with Crippen LogP contribution in [-0.2, 0) is 6.42 Å². The van der Waals surface area contributed by atoms with Gasteiger partial charge < -0.3 is 10.5 Å². The van der Waals surface area contributed by atoms with Crippen molar-refractivity contribution in [2.24, 2.45) is 0 Å². The normalized spacial score (nSPS) is 10.2. The third-order valence-corrected chi connectivity index (χ3v) is 2.87. The first-order chi connectivity index (χ1) is 9.17. The van der Waals surface area contributed by atoms with Gasteiger partial charge in [0.1, 0.15) is 23.0 Å². The Labute approximate surface area is 112 Å². The van der Waals surface area contributed by atoms with Gasteiger partial charge in [0.15, 0.2) is 0 Å². The summed E-state index contributed by atoms with van der Waals surface area (Å²) in [6, 6.07) is 7.50. The van der Waals surface area contributed by atoms with Gasteiger partial charge in [-0.1, -0.05) is 19.1 Å².